The van der Waals surface area contributed by atoms with Crippen LogP contribution in [0.25, 0.3) is 0 Å². The summed E-state index contributed by atoms with van der Waals surface area (Å²) in [4.78, 5) is 16.0. The van der Waals surface area contributed by atoms with Gasteiger partial charge >= 0.3 is 5.97 Å². The summed E-state index contributed by atoms with van der Waals surface area (Å²) >= 11 is 5.93. The molecule has 0 atom stereocenters. The first-order valence-electron chi connectivity index (χ1n) is 5.78. The number of nitrogens with zero attached hydrogens (tertiary/aromatic N) is 2. The van der Waals surface area contributed by atoms with Crippen LogP contribution in [0.1, 0.15) is 16.2 Å². The molecule has 1 aromatic carbocycles. The monoisotopic (exact) mass is 279 g/mol. The van der Waals surface area contributed by atoms with Gasteiger partial charge in [0.25, 0.3) is 0 Å². The lowest BCUT2D eigenvalue weighted by atomic mass is 10.2. The fourth-order valence-electron chi connectivity index (χ4n) is 1.71. The minimum atomic E-state index is -0.513. The average molecular weight is 280 g/mol. The van der Waals surface area contributed by atoms with E-state index in [1.54, 1.807) is 24.4 Å². The molecule has 1 aromatic heterocycles. The molecule has 0 aliphatic rings. The molecule has 0 fully saturated rings. The van der Waals surface area contributed by atoms with E-state index in [1.807, 2.05) is 17.7 Å². The van der Waals surface area contributed by atoms with Gasteiger partial charge in [-0.2, -0.15) is 0 Å². The second-order valence-electron chi connectivity index (χ2n) is 4.01. The van der Waals surface area contributed by atoms with Gasteiger partial charge in [-0.3, -0.25) is 0 Å². The molecular formula is C13H14ClN3O2. The lowest BCUT2D eigenvalue weighted by Crippen LogP contribution is -2.13. The highest BCUT2D eigenvalue weighted by Crippen LogP contribution is 2.22. The molecule has 0 aliphatic heterocycles. The summed E-state index contributed by atoms with van der Waals surface area (Å²) < 4.78 is 7.06. The van der Waals surface area contributed by atoms with Gasteiger partial charge in [0.2, 0.25) is 0 Å². The number of imidazole rings is 1. The molecule has 2 aromatic rings. The second kappa shape index (κ2) is 5.75. The SMILES string of the molecule is Cc1nccn1CCOC(=O)c1c(N)cccc1Cl. The van der Waals surface area contributed by atoms with Crippen LogP contribution in [0.5, 0.6) is 0 Å². The molecule has 2 N–H and O–H groups in total. The van der Waals surface area contributed by atoms with Crippen molar-refractivity contribution >= 4 is 23.3 Å². The highest BCUT2D eigenvalue weighted by molar-refractivity contribution is 6.34. The smallest absolute Gasteiger partial charge is 0.341 e. The zero-order valence-corrected chi connectivity index (χ0v) is 11.2. The maximum atomic E-state index is 11.9. The number of rotatable bonds is 4. The first-order valence-corrected chi connectivity index (χ1v) is 6.16. The van der Waals surface area contributed by atoms with Gasteiger partial charge in [0.05, 0.1) is 11.6 Å². The van der Waals surface area contributed by atoms with Gasteiger partial charge in [0.15, 0.2) is 0 Å². The van der Waals surface area contributed by atoms with E-state index in [0.29, 0.717) is 17.3 Å². The van der Waals surface area contributed by atoms with E-state index in [4.69, 9.17) is 22.1 Å². The largest absolute Gasteiger partial charge is 0.460 e. The maximum absolute atomic E-state index is 11.9. The number of aryl methyl sites for hydroxylation is 1. The molecule has 1 heterocycles. The predicted octanol–water partition coefficient (Wildman–Crippen LogP) is 2.28. The van der Waals surface area contributed by atoms with Crippen molar-refractivity contribution in [3.63, 3.8) is 0 Å². The van der Waals surface area contributed by atoms with Crippen LogP contribution in [0.2, 0.25) is 5.02 Å². The maximum Gasteiger partial charge on any atom is 0.341 e. The standard InChI is InChI=1S/C13H14ClN3O2/c1-9-16-5-6-17(9)7-8-19-13(18)12-10(14)3-2-4-11(12)15/h2-6H,7-8,15H2,1H3. The van der Waals surface area contributed by atoms with Crippen LogP contribution in [0, 0.1) is 6.92 Å². The number of esters is 1. The van der Waals surface area contributed by atoms with Crippen molar-refractivity contribution in [2.45, 2.75) is 13.5 Å². The van der Waals surface area contributed by atoms with Gasteiger partial charge in [0.1, 0.15) is 18.0 Å². The third kappa shape index (κ3) is 3.06. The zero-order valence-electron chi connectivity index (χ0n) is 10.5. The van der Waals surface area contributed by atoms with Gasteiger partial charge in [0, 0.05) is 18.1 Å². The first-order chi connectivity index (χ1) is 9.09. The Balaban J connectivity index is 1.97. The summed E-state index contributed by atoms with van der Waals surface area (Å²) in [6, 6.07) is 4.90. The Morgan fingerprint density at radius 1 is 1.53 bits per heavy atom. The van der Waals surface area contributed by atoms with Crippen molar-refractivity contribution in [1.29, 1.82) is 0 Å². The van der Waals surface area contributed by atoms with Gasteiger partial charge in [-0.05, 0) is 19.1 Å². The predicted molar refractivity (Wildman–Crippen MR) is 73.1 cm³/mol. The molecule has 0 radical (unpaired) electrons. The Morgan fingerprint density at radius 2 is 2.32 bits per heavy atom. The van der Waals surface area contributed by atoms with E-state index in [0.717, 1.165) is 5.82 Å². The van der Waals surface area contributed by atoms with Crippen LogP contribution in [0.3, 0.4) is 0 Å². The zero-order chi connectivity index (χ0) is 13.8. The van der Waals surface area contributed by atoms with Crippen molar-refractivity contribution in [2.24, 2.45) is 0 Å². The van der Waals surface area contributed by atoms with Crippen molar-refractivity contribution in [3.05, 3.63) is 47.0 Å². The molecule has 100 valence electrons. The number of nitrogen functional groups attached to an aromatic ring is 1. The van der Waals surface area contributed by atoms with Crippen LogP contribution >= 0.6 is 11.6 Å². The van der Waals surface area contributed by atoms with E-state index in [-0.39, 0.29) is 12.2 Å². The molecule has 0 unspecified atom stereocenters. The second-order valence-corrected chi connectivity index (χ2v) is 4.42. The van der Waals surface area contributed by atoms with Crippen LogP contribution in [0.4, 0.5) is 5.69 Å². The molecule has 5 nitrogen and oxygen atoms in total. The van der Waals surface area contributed by atoms with Crippen LogP contribution in [-0.4, -0.2) is 22.1 Å². The number of halogens is 1. The molecule has 6 heteroatoms. The Bertz CT molecular complexity index is 575. The molecule has 0 spiro atoms. The quantitative estimate of drug-likeness (QED) is 0.688. The van der Waals surface area contributed by atoms with Crippen LogP contribution in [0.15, 0.2) is 30.6 Å². The lowest BCUT2D eigenvalue weighted by molar-refractivity contribution is 0.0492. The fraction of sp³-hybridized carbons (Fsp3) is 0.231. The number of carbonyl (C=O) groups is 1. The van der Waals surface area contributed by atoms with E-state index in [2.05, 4.69) is 4.98 Å². The van der Waals surface area contributed by atoms with Crippen molar-refractivity contribution < 1.29 is 9.53 Å². The third-order valence-corrected chi connectivity index (χ3v) is 3.05. The first kappa shape index (κ1) is 13.4. The number of ether oxygens (including phenoxy) is 1. The lowest BCUT2D eigenvalue weighted by Gasteiger charge is -2.09. The van der Waals surface area contributed by atoms with E-state index in [1.165, 1.54) is 0 Å². The van der Waals surface area contributed by atoms with Crippen LogP contribution in [-0.2, 0) is 11.3 Å². The summed E-state index contributed by atoms with van der Waals surface area (Å²) in [7, 11) is 0. The number of aromatic nitrogens is 2. The molecule has 2 rings (SSSR count). The van der Waals surface area contributed by atoms with Crippen molar-refractivity contribution in [2.75, 3.05) is 12.3 Å². The number of carbonyl (C=O) groups excluding carboxylic acids is 1. The molecule has 0 saturated heterocycles. The molecule has 0 amide bonds. The third-order valence-electron chi connectivity index (χ3n) is 2.74. The number of hydrogen-bond acceptors (Lipinski definition) is 4. The number of benzene rings is 1. The molecular weight excluding hydrogens is 266 g/mol. The summed E-state index contributed by atoms with van der Waals surface area (Å²) in [5, 5.41) is 0.295. The summed E-state index contributed by atoms with van der Waals surface area (Å²) in [6.07, 6.45) is 3.52. The van der Waals surface area contributed by atoms with E-state index >= 15 is 0 Å². The van der Waals surface area contributed by atoms with Crippen LogP contribution < -0.4 is 5.73 Å². The van der Waals surface area contributed by atoms with Gasteiger partial charge < -0.3 is 15.0 Å². The Morgan fingerprint density at radius 3 is 2.95 bits per heavy atom. The van der Waals surface area contributed by atoms with Crippen molar-refractivity contribution in [3.8, 4) is 0 Å². The van der Waals surface area contributed by atoms with Gasteiger partial charge in [-0.1, -0.05) is 17.7 Å². The Labute approximate surface area is 116 Å². The van der Waals surface area contributed by atoms with Crippen molar-refractivity contribution in [1.82, 2.24) is 9.55 Å². The topological polar surface area (TPSA) is 70.1 Å². The number of nitrogens with two attached hydrogens (primary N) is 1. The molecule has 0 saturated carbocycles. The van der Waals surface area contributed by atoms with E-state index < -0.39 is 5.97 Å². The molecule has 0 aliphatic carbocycles. The Kier molecular flexibility index (Phi) is 4.06. The highest BCUT2D eigenvalue weighted by atomic mass is 35.5. The van der Waals surface area contributed by atoms with E-state index in [9.17, 15) is 4.79 Å². The summed E-state index contributed by atoms with van der Waals surface area (Å²) in [6.45, 7) is 2.66. The minimum Gasteiger partial charge on any atom is -0.460 e. The average Bonchev–Trinajstić information content (AvgIpc) is 2.75. The minimum absolute atomic E-state index is 0.214. The molecule has 0 bridgehead atoms. The van der Waals surface area contributed by atoms with Gasteiger partial charge in [-0.25, -0.2) is 9.78 Å². The summed E-state index contributed by atoms with van der Waals surface area (Å²) in [5.74, 6) is 0.356. The summed E-state index contributed by atoms with van der Waals surface area (Å²) in [5.41, 5.74) is 6.24. The normalized spacial score (nSPS) is 10.4. The fourth-order valence-corrected chi connectivity index (χ4v) is 1.96. The Hall–Kier alpha value is -2.01. The van der Waals surface area contributed by atoms with Gasteiger partial charge in [-0.15, -0.1) is 0 Å². The highest BCUT2D eigenvalue weighted by Gasteiger charge is 2.15. The number of hydrogen-bond donors (Lipinski definition) is 1. The molecule has 19 heavy (non-hydrogen) atoms. The number of anilines is 1.